The molecular weight excluding hydrogens is 238 g/mol. The minimum Gasteiger partial charge on any atom is -0.493 e. The zero-order valence-corrected chi connectivity index (χ0v) is 11.9. The number of nitriles is 1. The van der Waals surface area contributed by atoms with Crippen LogP contribution in [-0.4, -0.2) is 19.8 Å². The van der Waals surface area contributed by atoms with E-state index in [4.69, 9.17) is 14.7 Å². The van der Waals surface area contributed by atoms with Gasteiger partial charge in [0.15, 0.2) is 0 Å². The Morgan fingerprint density at radius 2 is 1.95 bits per heavy atom. The predicted molar refractivity (Wildman–Crippen MR) is 76.2 cm³/mol. The van der Waals surface area contributed by atoms with Gasteiger partial charge in [-0.1, -0.05) is 19.9 Å². The van der Waals surface area contributed by atoms with Crippen molar-refractivity contribution in [2.45, 2.75) is 33.1 Å². The Morgan fingerprint density at radius 1 is 1.16 bits per heavy atom. The van der Waals surface area contributed by atoms with E-state index >= 15 is 0 Å². The van der Waals surface area contributed by atoms with Gasteiger partial charge in [0, 0.05) is 19.6 Å². The molecule has 0 spiro atoms. The summed E-state index contributed by atoms with van der Waals surface area (Å²) < 4.78 is 11.1. The summed E-state index contributed by atoms with van der Waals surface area (Å²) in [6.07, 6.45) is 3.22. The number of hydrogen-bond donors (Lipinski definition) is 0. The molecule has 0 fully saturated rings. The SMILES string of the molecule is CC(C)CCCOCCCOc1cccc(C#N)c1. The second-order valence-electron chi connectivity index (χ2n) is 4.99. The van der Waals surface area contributed by atoms with Crippen molar-refractivity contribution in [3.8, 4) is 11.8 Å². The van der Waals surface area contributed by atoms with Gasteiger partial charge in [0.1, 0.15) is 5.75 Å². The Balaban J connectivity index is 2.03. The van der Waals surface area contributed by atoms with Crippen LogP contribution in [0.25, 0.3) is 0 Å². The van der Waals surface area contributed by atoms with Crippen LogP contribution >= 0.6 is 0 Å². The lowest BCUT2D eigenvalue weighted by atomic mass is 10.1. The molecule has 0 saturated carbocycles. The van der Waals surface area contributed by atoms with Gasteiger partial charge in [-0.15, -0.1) is 0 Å². The number of benzene rings is 1. The summed E-state index contributed by atoms with van der Waals surface area (Å²) in [6.45, 7) is 6.64. The lowest BCUT2D eigenvalue weighted by Gasteiger charge is -2.08. The minimum atomic E-state index is 0.624. The summed E-state index contributed by atoms with van der Waals surface area (Å²) in [7, 11) is 0. The Hall–Kier alpha value is -1.53. The van der Waals surface area contributed by atoms with Crippen molar-refractivity contribution in [2.24, 2.45) is 5.92 Å². The molecule has 0 N–H and O–H groups in total. The highest BCUT2D eigenvalue weighted by atomic mass is 16.5. The monoisotopic (exact) mass is 261 g/mol. The molecule has 1 aromatic carbocycles. The number of ether oxygens (including phenoxy) is 2. The van der Waals surface area contributed by atoms with Crippen LogP contribution in [0.1, 0.15) is 38.7 Å². The maximum absolute atomic E-state index is 8.77. The quantitative estimate of drug-likeness (QED) is 0.635. The average Bonchev–Trinajstić information content (AvgIpc) is 2.41. The molecule has 0 radical (unpaired) electrons. The van der Waals surface area contributed by atoms with Crippen LogP contribution in [0.5, 0.6) is 5.75 Å². The highest BCUT2D eigenvalue weighted by molar-refractivity contribution is 5.36. The maximum atomic E-state index is 8.77. The molecule has 0 heterocycles. The lowest BCUT2D eigenvalue weighted by Crippen LogP contribution is -2.04. The average molecular weight is 261 g/mol. The molecule has 1 rings (SSSR count). The first-order chi connectivity index (χ1) is 9.22. The van der Waals surface area contributed by atoms with Crippen molar-refractivity contribution < 1.29 is 9.47 Å². The summed E-state index contributed by atoms with van der Waals surface area (Å²) in [5.74, 6) is 1.50. The summed E-state index contributed by atoms with van der Waals surface area (Å²) in [5, 5.41) is 8.77. The summed E-state index contributed by atoms with van der Waals surface area (Å²) in [6, 6.07) is 9.31. The van der Waals surface area contributed by atoms with Crippen LogP contribution in [-0.2, 0) is 4.74 Å². The van der Waals surface area contributed by atoms with Crippen molar-refractivity contribution in [2.75, 3.05) is 19.8 Å². The number of nitrogens with zero attached hydrogens (tertiary/aromatic N) is 1. The Labute approximate surface area is 116 Å². The number of rotatable bonds is 9. The Morgan fingerprint density at radius 3 is 2.68 bits per heavy atom. The van der Waals surface area contributed by atoms with Gasteiger partial charge in [-0.3, -0.25) is 0 Å². The van der Waals surface area contributed by atoms with Gasteiger partial charge in [-0.25, -0.2) is 0 Å². The molecule has 0 aliphatic rings. The molecule has 0 aliphatic heterocycles. The smallest absolute Gasteiger partial charge is 0.120 e. The topological polar surface area (TPSA) is 42.2 Å². The zero-order chi connectivity index (χ0) is 13.9. The van der Waals surface area contributed by atoms with Crippen molar-refractivity contribution >= 4 is 0 Å². The Kier molecular flexibility index (Phi) is 7.69. The van der Waals surface area contributed by atoms with Crippen molar-refractivity contribution in [3.63, 3.8) is 0 Å². The first-order valence-corrected chi connectivity index (χ1v) is 6.93. The van der Waals surface area contributed by atoms with E-state index in [1.807, 2.05) is 12.1 Å². The molecule has 0 aliphatic carbocycles. The highest BCUT2D eigenvalue weighted by Crippen LogP contribution is 2.12. The van der Waals surface area contributed by atoms with E-state index in [1.54, 1.807) is 12.1 Å². The molecule has 0 amide bonds. The number of hydrogen-bond acceptors (Lipinski definition) is 3. The van der Waals surface area contributed by atoms with Crippen LogP contribution in [0.4, 0.5) is 0 Å². The maximum Gasteiger partial charge on any atom is 0.120 e. The van der Waals surface area contributed by atoms with Crippen LogP contribution in [0.15, 0.2) is 24.3 Å². The van der Waals surface area contributed by atoms with Crippen LogP contribution in [0.2, 0.25) is 0 Å². The lowest BCUT2D eigenvalue weighted by molar-refractivity contribution is 0.114. The van der Waals surface area contributed by atoms with Gasteiger partial charge < -0.3 is 9.47 Å². The third-order valence-electron chi connectivity index (χ3n) is 2.74. The first kappa shape index (κ1) is 15.5. The first-order valence-electron chi connectivity index (χ1n) is 6.93. The van der Waals surface area contributed by atoms with Gasteiger partial charge >= 0.3 is 0 Å². The molecule has 3 heteroatoms. The van der Waals surface area contributed by atoms with Crippen LogP contribution < -0.4 is 4.74 Å². The van der Waals surface area contributed by atoms with Crippen molar-refractivity contribution in [1.82, 2.24) is 0 Å². The fourth-order valence-corrected chi connectivity index (χ4v) is 1.70. The van der Waals surface area contributed by atoms with Gasteiger partial charge in [0.2, 0.25) is 0 Å². The third kappa shape index (κ3) is 7.48. The van der Waals surface area contributed by atoms with Gasteiger partial charge in [0.25, 0.3) is 0 Å². The molecule has 104 valence electrons. The summed E-state index contributed by atoms with van der Waals surface area (Å²) in [4.78, 5) is 0. The van der Waals surface area contributed by atoms with Crippen molar-refractivity contribution in [3.05, 3.63) is 29.8 Å². The van der Waals surface area contributed by atoms with E-state index in [1.165, 1.54) is 6.42 Å². The van der Waals surface area contributed by atoms with Gasteiger partial charge in [-0.2, -0.15) is 5.26 Å². The standard InChI is InChI=1S/C16H23NO2/c1-14(2)6-4-9-18-10-5-11-19-16-8-3-7-15(12-16)13-17/h3,7-8,12,14H,4-6,9-11H2,1-2H3. The normalized spacial score (nSPS) is 10.4. The van der Waals surface area contributed by atoms with Gasteiger partial charge in [0.05, 0.1) is 18.2 Å². The van der Waals surface area contributed by atoms with Crippen LogP contribution in [0, 0.1) is 17.2 Å². The van der Waals surface area contributed by atoms with Gasteiger partial charge in [-0.05, 0) is 37.0 Å². The molecule has 0 atom stereocenters. The molecular formula is C16H23NO2. The molecule has 0 saturated heterocycles. The van der Waals surface area contributed by atoms with E-state index < -0.39 is 0 Å². The molecule has 0 aromatic heterocycles. The summed E-state index contributed by atoms with van der Waals surface area (Å²) >= 11 is 0. The van der Waals surface area contributed by atoms with E-state index in [2.05, 4.69) is 19.9 Å². The van der Waals surface area contributed by atoms with E-state index in [0.29, 0.717) is 12.2 Å². The third-order valence-corrected chi connectivity index (χ3v) is 2.74. The zero-order valence-electron chi connectivity index (χ0n) is 11.9. The fourth-order valence-electron chi connectivity index (χ4n) is 1.70. The second kappa shape index (κ2) is 9.41. The van der Waals surface area contributed by atoms with E-state index in [0.717, 1.165) is 37.7 Å². The summed E-state index contributed by atoms with van der Waals surface area (Å²) in [5.41, 5.74) is 0.627. The molecule has 1 aromatic rings. The molecule has 0 bridgehead atoms. The molecule has 3 nitrogen and oxygen atoms in total. The van der Waals surface area contributed by atoms with E-state index in [-0.39, 0.29) is 0 Å². The minimum absolute atomic E-state index is 0.624. The highest BCUT2D eigenvalue weighted by Gasteiger charge is 1.97. The van der Waals surface area contributed by atoms with Crippen molar-refractivity contribution in [1.29, 1.82) is 5.26 Å². The second-order valence-corrected chi connectivity index (χ2v) is 4.99. The predicted octanol–water partition coefficient (Wildman–Crippen LogP) is 3.78. The fraction of sp³-hybridized carbons (Fsp3) is 0.562. The molecule has 0 unspecified atom stereocenters. The Bertz CT molecular complexity index is 396. The van der Waals surface area contributed by atoms with Crippen LogP contribution in [0.3, 0.4) is 0 Å². The largest absolute Gasteiger partial charge is 0.493 e. The van der Waals surface area contributed by atoms with E-state index in [9.17, 15) is 0 Å². The molecule has 19 heavy (non-hydrogen) atoms.